The van der Waals surface area contributed by atoms with E-state index in [2.05, 4.69) is 5.32 Å². The number of nitrogens with one attached hydrogen (secondary N) is 1. The average Bonchev–Trinajstić information content (AvgIpc) is 2.46. The van der Waals surface area contributed by atoms with Crippen LogP contribution in [-0.4, -0.2) is 37.9 Å². The van der Waals surface area contributed by atoms with Gasteiger partial charge in [-0.25, -0.2) is 4.79 Å². The van der Waals surface area contributed by atoms with Gasteiger partial charge in [-0.15, -0.1) is 0 Å². The molecule has 1 rings (SSSR count). The minimum Gasteiger partial charge on any atom is -0.497 e. The zero-order valence-electron chi connectivity index (χ0n) is 14.2. The highest BCUT2D eigenvalue weighted by molar-refractivity contribution is 5.72. The van der Waals surface area contributed by atoms with Crippen molar-refractivity contribution in [2.45, 2.75) is 39.2 Å². The Hall–Kier alpha value is -2.24. The Balaban J connectivity index is 2.15. The summed E-state index contributed by atoms with van der Waals surface area (Å²) in [5.74, 6) is 0.438. The molecule has 0 radical (unpaired) electrons. The largest absolute Gasteiger partial charge is 0.497 e. The number of esters is 1. The normalized spacial score (nSPS) is 10.8. The average molecular weight is 323 g/mol. The van der Waals surface area contributed by atoms with Crippen LogP contribution in [0.2, 0.25) is 0 Å². The van der Waals surface area contributed by atoms with E-state index in [9.17, 15) is 9.59 Å². The molecule has 0 saturated carbocycles. The van der Waals surface area contributed by atoms with Gasteiger partial charge < -0.3 is 19.5 Å². The van der Waals surface area contributed by atoms with E-state index in [-0.39, 0.29) is 18.9 Å². The summed E-state index contributed by atoms with van der Waals surface area (Å²) in [4.78, 5) is 23.0. The van der Waals surface area contributed by atoms with Crippen LogP contribution in [0.15, 0.2) is 24.3 Å². The zero-order valence-corrected chi connectivity index (χ0v) is 14.2. The molecule has 0 bridgehead atoms. The topological polar surface area (TPSA) is 73.9 Å². The van der Waals surface area contributed by atoms with Crippen LogP contribution in [0, 0.1) is 0 Å². The summed E-state index contributed by atoms with van der Waals surface area (Å²) < 4.78 is 15.3. The maximum atomic E-state index is 11.6. The van der Waals surface area contributed by atoms with Crippen molar-refractivity contribution < 1.29 is 23.8 Å². The number of hydrogen-bond donors (Lipinski definition) is 1. The monoisotopic (exact) mass is 323 g/mol. The molecule has 1 aromatic rings. The van der Waals surface area contributed by atoms with Crippen molar-refractivity contribution in [1.82, 2.24) is 5.32 Å². The van der Waals surface area contributed by atoms with E-state index < -0.39 is 11.7 Å². The Morgan fingerprint density at radius 3 is 2.35 bits per heavy atom. The van der Waals surface area contributed by atoms with Crippen LogP contribution < -0.4 is 10.1 Å². The first-order chi connectivity index (χ1) is 10.8. The molecular formula is C17H25NO5. The third-order valence-corrected chi connectivity index (χ3v) is 2.81. The lowest BCUT2D eigenvalue weighted by molar-refractivity contribution is -0.143. The van der Waals surface area contributed by atoms with E-state index in [4.69, 9.17) is 14.2 Å². The van der Waals surface area contributed by atoms with Gasteiger partial charge in [-0.3, -0.25) is 4.79 Å². The third kappa shape index (κ3) is 8.70. The van der Waals surface area contributed by atoms with Gasteiger partial charge in [-0.2, -0.15) is 0 Å². The molecule has 1 N–H and O–H groups in total. The first-order valence-electron chi connectivity index (χ1n) is 7.55. The van der Waals surface area contributed by atoms with Gasteiger partial charge in [0.2, 0.25) is 0 Å². The van der Waals surface area contributed by atoms with Gasteiger partial charge in [0.15, 0.2) is 0 Å². The number of benzene rings is 1. The van der Waals surface area contributed by atoms with Gasteiger partial charge in [0, 0.05) is 13.0 Å². The Morgan fingerprint density at radius 2 is 1.78 bits per heavy atom. The van der Waals surface area contributed by atoms with Gasteiger partial charge in [-0.05, 0) is 38.5 Å². The molecule has 0 heterocycles. The summed E-state index contributed by atoms with van der Waals surface area (Å²) in [6.45, 7) is 5.83. The molecule has 0 aliphatic heterocycles. The highest BCUT2D eigenvalue weighted by Gasteiger charge is 2.15. The minimum absolute atomic E-state index is 0.113. The lowest BCUT2D eigenvalue weighted by Crippen LogP contribution is -2.33. The first kappa shape index (κ1) is 18.8. The van der Waals surface area contributed by atoms with Gasteiger partial charge in [0.05, 0.1) is 20.1 Å². The number of ether oxygens (including phenoxy) is 3. The summed E-state index contributed by atoms with van der Waals surface area (Å²) in [6, 6.07) is 7.58. The first-order valence-corrected chi connectivity index (χ1v) is 7.55. The molecule has 1 amide bonds. The molecule has 6 heteroatoms. The lowest BCUT2D eigenvalue weighted by Gasteiger charge is -2.19. The van der Waals surface area contributed by atoms with E-state index in [0.29, 0.717) is 13.0 Å². The number of methoxy groups -OCH3 is 1. The second-order valence-electron chi connectivity index (χ2n) is 6.00. The van der Waals surface area contributed by atoms with Crippen molar-refractivity contribution in [2.24, 2.45) is 0 Å². The maximum absolute atomic E-state index is 11.6. The van der Waals surface area contributed by atoms with E-state index in [1.807, 2.05) is 24.3 Å². The number of hydrogen-bond acceptors (Lipinski definition) is 5. The fourth-order valence-corrected chi connectivity index (χ4v) is 1.73. The van der Waals surface area contributed by atoms with Crippen LogP contribution in [0.25, 0.3) is 0 Å². The molecule has 0 fully saturated rings. The lowest BCUT2D eigenvalue weighted by atomic mass is 10.1. The summed E-state index contributed by atoms with van der Waals surface area (Å²) in [6.07, 6.45) is 0.209. The Morgan fingerprint density at radius 1 is 1.13 bits per heavy atom. The maximum Gasteiger partial charge on any atom is 0.407 e. The molecule has 0 spiro atoms. The Labute approximate surface area is 137 Å². The Kier molecular flexibility index (Phi) is 7.38. The van der Waals surface area contributed by atoms with Crippen molar-refractivity contribution in [3.05, 3.63) is 29.8 Å². The third-order valence-electron chi connectivity index (χ3n) is 2.81. The fraction of sp³-hybridized carbons (Fsp3) is 0.529. The second-order valence-corrected chi connectivity index (χ2v) is 6.00. The van der Waals surface area contributed by atoms with Crippen molar-refractivity contribution in [3.63, 3.8) is 0 Å². The summed E-state index contributed by atoms with van der Waals surface area (Å²) in [7, 11) is 1.61. The molecule has 6 nitrogen and oxygen atoms in total. The highest BCUT2D eigenvalue weighted by atomic mass is 16.6. The number of carbonyl (C=O) groups excluding carboxylic acids is 2. The molecule has 0 aromatic heterocycles. The Bertz CT molecular complexity index is 505. The van der Waals surface area contributed by atoms with Crippen LogP contribution in [0.5, 0.6) is 5.75 Å². The number of alkyl carbamates (subject to hydrolysis) is 1. The van der Waals surface area contributed by atoms with E-state index in [0.717, 1.165) is 11.3 Å². The van der Waals surface area contributed by atoms with Crippen LogP contribution in [0.4, 0.5) is 4.79 Å². The standard InChI is InChI=1S/C17H25NO5/c1-17(2,3)23-16(20)18-11-9-15(19)22-12-10-13-5-7-14(21-4)8-6-13/h5-8H,9-12H2,1-4H3,(H,18,20). The predicted molar refractivity (Wildman–Crippen MR) is 86.5 cm³/mol. The van der Waals surface area contributed by atoms with E-state index in [1.54, 1.807) is 27.9 Å². The van der Waals surface area contributed by atoms with E-state index in [1.165, 1.54) is 0 Å². The highest BCUT2D eigenvalue weighted by Crippen LogP contribution is 2.11. The van der Waals surface area contributed by atoms with Crippen LogP contribution >= 0.6 is 0 Å². The van der Waals surface area contributed by atoms with Gasteiger partial charge in [-0.1, -0.05) is 12.1 Å². The molecule has 0 aliphatic rings. The van der Waals surface area contributed by atoms with Gasteiger partial charge >= 0.3 is 12.1 Å². The molecule has 128 valence electrons. The molecule has 0 saturated heterocycles. The smallest absolute Gasteiger partial charge is 0.407 e. The number of amides is 1. The summed E-state index contributed by atoms with van der Waals surface area (Å²) in [5, 5.41) is 2.51. The molecule has 0 aliphatic carbocycles. The van der Waals surface area contributed by atoms with Crippen molar-refractivity contribution in [3.8, 4) is 5.75 Å². The zero-order chi connectivity index (χ0) is 17.3. The van der Waals surface area contributed by atoms with Crippen LogP contribution in [-0.2, 0) is 20.7 Å². The number of carbonyl (C=O) groups is 2. The molecule has 1 aromatic carbocycles. The van der Waals surface area contributed by atoms with Crippen LogP contribution in [0.3, 0.4) is 0 Å². The molecule has 23 heavy (non-hydrogen) atoms. The van der Waals surface area contributed by atoms with Crippen molar-refractivity contribution in [2.75, 3.05) is 20.3 Å². The van der Waals surface area contributed by atoms with Gasteiger partial charge in [0.1, 0.15) is 11.4 Å². The second kappa shape index (κ2) is 9.02. The molecule has 0 atom stereocenters. The quantitative estimate of drug-likeness (QED) is 0.781. The fourth-order valence-electron chi connectivity index (χ4n) is 1.73. The SMILES string of the molecule is COc1ccc(CCOC(=O)CCNC(=O)OC(C)(C)C)cc1. The summed E-state index contributed by atoms with van der Waals surface area (Å²) in [5.41, 5.74) is 0.508. The number of rotatable bonds is 7. The predicted octanol–water partition coefficient (Wildman–Crippen LogP) is 2.70. The van der Waals surface area contributed by atoms with Gasteiger partial charge in [0.25, 0.3) is 0 Å². The van der Waals surface area contributed by atoms with E-state index >= 15 is 0 Å². The van der Waals surface area contributed by atoms with Crippen molar-refractivity contribution >= 4 is 12.1 Å². The summed E-state index contributed by atoms with van der Waals surface area (Å²) >= 11 is 0. The van der Waals surface area contributed by atoms with Crippen LogP contribution in [0.1, 0.15) is 32.8 Å². The minimum atomic E-state index is -0.553. The molecular weight excluding hydrogens is 298 g/mol. The molecule has 0 unspecified atom stereocenters. The van der Waals surface area contributed by atoms with Crippen molar-refractivity contribution in [1.29, 1.82) is 0 Å².